The van der Waals surface area contributed by atoms with E-state index in [2.05, 4.69) is 25.2 Å². The van der Waals surface area contributed by atoms with Crippen LogP contribution >= 0.6 is 12.2 Å². The number of rotatable bonds is 3. The standard InChI is InChI=1S/C14H17NOS/c1-9-11(8-16)4-3-5-13(9)10(2)12-6-14(17)15-7-12/h3-5,7,10,16H,6,8H2,1-2H3,(H,15,17). The number of aliphatic hydroxyl groups excluding tert-OH is 1. The molecule has 0 radical (unpaired) electrons. The van der Waals surface area contributed by atoms with Crippen molar-refractivity contribution in [1.82, 2.24) is 5.32 Å². The third-order valence-electron chi connectivity index (χ3n) is 3.46. The van der Waals surface area contributed by atoms with Crippen LogP contribution in [-0.4, -0.2) is 10.1 Å². The first-order valence-corrected chi connectivity index (χ1v) is 6.22. The molecule has 1 atom stereocenters. The minimum absolute atomic E-state index is 0.0993. The van der Waals surface area contributed by atoms with Crippen LogP contribution < -0.4 is 5.32 Å². The fourth-order valence-electron chi connectivity index (χ4n) is 2.28. The summed E-state index contributed by atoms with van der Waals surface area (Å²) < 4.78 is 0. The van der Waals surface area contributed by atoms with Crippen LogP contribution in [0.2, 0.25) is 0 Å². The molecule has 3 heteroatoms. The zero-order valence-electron chi connectivity index (χ0n) is 10.2. The molecular formula is C14H17NOS. The predicted octanol–water partition coefficient (Wildman–Crippen LogP) is 2.80. The van der Waals surface area contributed by atoms with Crippen molar-refractivity contribution in [3.05, 3.63) is 46.7 Å². The van der Waals surface area contributed by atoms with Gasteiger partial charge in [0.2, 0.25) is 0 Å². The monoisotopic (exact) mass is 247 g/mol. The van der Waals surface area contributed by atoms with E-state index in [1.54, 1.807) is 0 Å². The lowest BCUT2D eigenvalue weighted by molar-refractivity contribution is 0.281. The molecule has 2 rings (SSSR count). The molecule has 1 unspecified atom stereocenters. The maximum absolute atomic E-state index is 9.28. The predicted molar refractivity (Wildman–Crippen MR) is 74.0 cm³/mol. The van der Waals surface area contributed by atoms with Gasteiger partial charge in [-0.3, -0.25) is 0 Å². The zero-order chi connectivity index (χ0) is 12.4. The Balaban J connectivity index is 2.31. The molecule has 0 aliphatic carbocycles. The quantitative estimate of drug-likeness (QED) is 0.806. The van der Waals surface area contributed by atoms with Gasteiger partial charge in [0.05, 0.1) is 11.6 Å². The first-order valence-electron chi connectivity index (χ1n) is 5.81. The number of hydrogen-bond donors (Lipinski definition) is 2. The van der Waals surface area contributed by atoms with Gasteiger partial charge in [0.25, 0.3) is 0 Å². The number of nitrogens with one attached hydrogen (secondary N) is 1. The van der Waals surface area contributed by atoms with Crippen LogP contribution in [0, 0.1) is 6.92 Å². The second kappa shape index (κ2) is 4.98. The van der Waals surface area contributed by atoms with Gasteiger partial charge in [0.15, 0.2) is 0 Å². The molecular weight excluding hydrogens is 230 g/mol. The number of hydrogen-bond acceptors (Lipinski definition) is 2. The molecule has 2 N–H and O–H groups in total. The van der Waals surface area contributed by atoms with Crippen LogP contribution in [-0.2, 0) is 6.61 Å². The normalized spacial score (nSPS) is 16.6. The Kier molecular flexibility index (Phi) is 3.60. The van der Waals surface area contributed by atoms with Crippen molar-refractivity contribution >= 4 is 17.2 Å². The molecule has 0 spiro atoms. The van der Waals surface area contributed by atoms with Crippen molar-refractivity contribution in [1.29, 1.82) is 0 Å². The third-order valence-corrected chi connectivity index (χ3v) is 3.73. The Bertz CT molecular complexity index is 479. The minimum Gasteiger partial charge on any atom is -0.392 e. The van der Waals surface area contributed by atoms with Gasteiger partial charge in [0.1, 0.15) is 0 Å². The van der Waals surface area contributed by atoms with E-state index in [4.69, 9.17) is 12.2 Å². The van der Waals surface area contributed by atoms with Gasteiger partial charge in [-0.25, -0.2) is 0 Å². The molecule has 0 aromatic heterocycles. The van der Waals surface area contributed by atoms with E-state index < -0.39 is 0 Å². The Morgan fingerprint density at radius 1 is 1.47 bits per heavy atom. The Labute approximate surface area is 107 Å². The maximum atomic E-state index is 9.28. The number of thiocarbonyl (C=S) groups is 1. The number of aliphatic hydroxyl groups is 1. The molecule has 1 aliphatic rings. The summed E-state index contributed by atoms with van der Waals surface area (Å²) >= 11 is 5.14. The summed E-state index contributed by atoms with van der Waals surface area (Å²) in [6.07, 6.45) is 2.86. The Hall–Kier alpha value is -1.19. The van der Waals surface area contributed by atoms with Gasteiger partial charge in [-0.1, -0.05) is 37.3 Å². The topological polar surface area (TPSA) is 32.3 Å². The first kappa shape index (κ1) is 12.3. The highest BCUT2D eigenvalue weighted by Gasteiger charge is 2.19. The Morgan fingerprint density at radius 2 is 2.24 bits per heavy atom. The molecule has 2 nitrogen and oxygen atoms in total. The van der Waals surface area contributed by atoms with Crippen LogP contribution in [0.1, 0.15) is 36.0 Å². The van der Waals surface area contributed by atoms with E-state index in [1.807, 2.05) is 18.3 Å². The van der Waals surface area contributed by atoms with Crippen molar-refractivity contribution in [2.75, 3.05) is 0 Å². The van der Waals surface area contributed by atoms with Crippen molar-refractivity contribution in [3.63, 3.8) is 0 Å². The van der Waals surface area contributed by atoms with Crippen LogP contribution in [0.4, 0.5) is 0 Å². The SMILES string of the molecule is Cc1c(CO)cccc1C(C)C1=CNC(=S)C1. The van der Waals surface area contributed by atoms with Crippen molar-refractivity contribution in [2.24, 2.45) is 0 Å². The van der Waals surface area contributed by atoms with Crippen LogP contribution in [0.15, 0.2) is 30.0 Å². The summed E-state index contributed by atoms with van der Waals surface area (Å²) in [5.74, 6) is 0.342. The highest BCUT2D eigenvalue weighted by Crippen LogP contribution is 2.31. The molecule has 1 aromatic rings. The second-order valence-corrected chi connectivity index (χ2v) is 4.97. The van der Waals surface area contributed by atoms with E-state index in [9.17, 15) is 5.11 Å². The summed E-state index contributed by atoms with van der Waals surface area (Å²) in [6, 6.07) is 6.10. The summed E-state index contributed by atoms with van der Waals surface area (Å²) in [7, 11) is 0. The molecule has 17 heavy (non-hydrogen) atoms. The fraction of sp³-hybridized carbons (Fsp3) is 0.357. The average molecular weight is 247 g/mol. The van der Waals surface area contributed by atoms with E-state index in [1.165, 1.54) is 16.7 Å². The molecule has 1 heterocycles. The van der Waals surface area contributed by atoms with Crippen LogP contribution in [0.3, 0.4) is 0 Å². The summed E-state index contributed by atoms with van der Waals surface area (Å²) in [4.78, 5) is 0.891. The second-order valence-electron chi connectivity index (χ2n) is 4.47. The van der Waals surface area contributed by atoms with Gasteiger partial charge < -0.3 is 10.4 Å². The minimum atomic E-state index is 0.0993. The fourth-order valence-corrected chi connectivity index (χ4v) is 2.51. The van der Waals surface area contributed by atoms with E-state index in [0.717, 1.165) is 17.0 Å². The van der Waals surface area contributed by atoms with Gasteiger partial charge in [-0.05, 0) is 29.2 Å². The van der Waals surface area contributed by atoms with E-state index >= 15 is 0 Å². The van der Waals surface area contributed by atoms with Crippen LogP contribution in [0.5, 0.6) is 0 Å². The molecule has 0 fully saturated rings. The Morgan fingerprint density at radius 3 is 2.82 bits per heavy atom. The molecule has 1 aromatic carbocycles. The molecule has 0 saturated heterocycles. The van der Waals surface area contributed by atoms with E-state index in [0.29, 0.717) is 5.92 Å². The summed E-state index contributed by atoms with van der Waals surface area (Å²) in [6.45, 7) is 4.35. The summed E-state index contributed by atoms with van der Waals surface area (Å²) in [5.41, 5.74) is 4.77. The van der Waals surface area contributed by atoms with Gasteiger partial charge in [0, 0.05) is 18.5 Å². The van der Waals surface area contributed by atoms with Crippen molar-refractivity contribution < 1.29 is 5.11 Å². The summed E-state index contributed by atoms with van der Waals surface area (Å²) in [5, 5.41) is 12.4. The molecule has 1 aliphatic heterocycles. The first-order chi connectivity index (χ1) is 8.13. The lowest BCUT2D eigenvalue weighted by atomic mass is 9.88. The van der Waals surface area contributed by atoms with Gasteiger partial charge in [-0.2, -0.15) is 0 Å². The van der Waals surface area contributed by atoms with Crippen molar-refractivity contribution in [2.45, 2.75) is 32.8 Å². The number of benzene rings is 1. The zero-order valence-corrected chi connectivity index (χ0v) is 11.0. The molecule has 0 bridgehead atoms. The molecule has 90 valence electrons. The lowest BCUT2D eigenvalue weighted by Gasteiger charge is -2.17. The van der Waals surface area contributed by atoms with Gasteiger partial charge in [-0.15, -0.1) is 0 Å². The largest absolute Gasteiger partial charge is 0.392 e. The third kappa shape index (κ3) is 2.40. The molecule has 0 amide bonds. The van der Waals surface area contributed by atoms with E-state index in [-0.39, 0.29) is 6.61 Å². The maximum Gasteiger partial charge on any atom is 0.0834 e. The van der Waals surface area contributed by atoms with Crippen molar-refractivity contribution in [3.8, 4) is 0 Å². The average Bonchev–Trinajstić information content (AvgIpc) is 2.75. The highest BCUT2D eigenvalue weighted by molar-refractivity contribution is 7.80. The molecule has 0 saturated carbocycles. The van der Waals surface area contributed by atoms with Crippen LogP contribution in [0.25, 0.3) is 0 Å². The highest BCUT2D eigenvalue weighted by atomic mass is 32.1. The smallest absolute Gasteiger partial charge is 0.0834 e. The lowest BCUT2D eigenvalue weighted by Crippen LogP contribution is -2.06. The van der Waals surface area contributed by atoms with Gasteiger partial charge >= 0.3 is 0 Å².